The maximum absolute atomic E-state index is 9.23. The molecule has 1 aromatic heterocycles. The van der Waals surface area contributed by atoms with Crippen molar-refractivity contribution in [2.75, 3.05) is 31.1 Å². The lowest BCUT2D eigenvalue weighted by Crippen LogP contribution is -2.28. The molecule has 1 rings (SSSR count). The zero-order chi connectivity index (χ0) is 15.7. The predicted octanol–water partition coefficient (Wildman–Crippen LogP) is 2.69. The van der Waals surface area contributed by atoms with Crippen molar-refractivity contribution in [3.8, 4) is 0 Å². The molecule has 1 heterocycles. The van der Waals surface area contributed by atoms with Gasteiger partial charge in [-0.1, -0.05) is 26.8 Å². The van der Waals surface area contributed by atoms with Gasteiger partial charge in [0.1, 0.15) is 5.82 Å². The predicted molar refractivity (Wildman–Crippen MR) is 89.8 cm³/mol. The fourth-order valence-electron chi connectivity index (χ4n) is 2.14. The summed E-state index contributed by atoms with van der Waals surface area (Å²) >= 11 is 0. The van der Waals surface area contributed by atoms with Gasteiger partial charge in [-0.3, -0.25) is 0 Å². The van der Waals surface area contributed by atoms with Gasteiger partial charge in [-0.15, -0.1) is 6.58 Å². The normalized spacial score (nSPS) is 10.9. The van der Waals surface area contributed by atoms with Crippen molar-refractivity contribution < 1.29 is 5.11 Å². The molecule has 0 bridgehead atoms. The van der Waals surface area contributed by atoms with Gasteiger partial charge in [-0.25, -0.2) is 4.98 Å². The van der Waals surface area contributed by atoms with Gasteiger partial charge in [-0.05, 0) is 36.6 Å². The monoisotopic (exact) mass is 291 g/mol. The lowest BCUT2D eigenvalue weighted by molar-refractivity contribution is 0.302. The first-order valence-corrected chi connectivity index (χ1v) is 7.80. The molecule has 0 atom stereocenters. The summed E-state index contributed by atoms with van der Waals surface area (Å²) in [6.07, 6.45) is 2.97. The summed E-state index contributed by atoms with van der Waals surface area (Å²) in [5.41, 5.74) is 2.33. The molecule has 0 unspecified atom stereocenters. The third-order valence-electron chi connectivity index (χ3n) is 3.28. The van der Waals surface area contributed by atoms with E-state index in [1.807, 2.05) is 6.08 Å². The van der Waals surface area contributed by atoms with Crippen LogP contribution in [-0.2, 0) is 6.54 Å². The summed E-state index contributed by atoms with van der Waals surface area (Å²) in [5.74, 6) is 1.30. The number of rotatable bonds is 10. The molecule has 21 heavy (non-hydrogen) atoms. The average Bonchev–Trinajstić information content (AvgIpc) is 2.47. The summed E-state index contributed by atoms with van der Waals surface area (Å²) in [4.78, 5) is 6.80. The minimum absolute atomic E-state index is 0.116. The van der Waals surface area contributed by atoms with Crippen LogP contribution in [0.5, 0.6) is 0 Å². The van der Waals surface area contributed by atoms with Crippen LogP contribution in [0.15, 0.2) is 24.8 Å². The summed E-state index contributed by atoms with van der Waals surface area (Å²) in [6, 6.07) is 4.27. The van der Waals surface area contributed by atoms with Crippen LogP contribution in [0.2, 0.25) is 0 Å². The molecule has 0 spiro atoms. The molecule has 2 N–H and O–H groups in total. The van der Waals surface area contributed by atoms with Crippen LogP contribution in [0.4, 0.5) is 5.82 Å². The van der Waals surface area contributed by atoms with E-state index in [0.717, 1.165) is 31.0 Å². The molecule has 0 saturated heterocycles. The first-order valence-electron chi connectivity index (χ1n) is 7.80. The van der Waals surface area contributed by atoms with Gasteiger partial charge in [0.05, 0.1) is 6.61 Å². The Labute approximate surface area is 128 Å². The van der Waals surface area contributed by atoms with Gasteiger partial charge in [0.25, 0.3) is 0 Å². The van der Waals surface area contributed by atoms with Crippen LogP contribution in [0, 0.1) is 0 Å². The molecule has 118 valence electrons. The van der Waals surface area contributed by atoms with Gasteiger partial charge in [0, 0.05) is 25.3 Å². The van der Waals surface area contributed by atoms with Crippen LogP contribution in [-0.4, -0.2) is 36.3 Å². The van der Waals surface area contributed by atoms with Crippen molar-refractivity contribution in [3.63, 3.8) is 0 Å². The maximum atomic E-state index is 9.23. The maximum Gasteiger partial charge on any atom is 0.129 e. The van der Waals surface area contributed by atoms with Gasteiger partial charge in [0.2, 0.25) is 0 Å². The van der Waals surface area contributed by atoms with Crippen LogP contribution >= 0.6 is 0 Å². The quantitative estimate of drug-likeness (QED) is 0.514. The Morgan fingerprint density at radius 2 is 2.19 bits per heavy atom. The van der Waals surface area contributed by atoms with E-state index in [2.05, 4.69) is 49.7 Å². The summed E-state index contributed by atoms with van der Waals surface area (Å²) < 4.78 is 0. The molecule has 0 aliphatic carbocycles. The van der Waals surface area contributed by atoms with E-state index in [1.54, 1.807) is 0 Å². The molecule has 0 aliphatic rings. The van der Waals surface area contributed by atoms with E-state index >= 15 is 0 Å². The van der Waals surface area contributed by atoms with Crippen molar-refractivity contribution in [1.29, 1.82) is 0 Å². The average molecular weight is 291 g/mol. The largest absolute Gasteiger partial charge is 0.395 e. The van der Waals surface area contributed by atoms with Gasteiger partial charge in [0.15, 0.2) is 0 Å². The number of aliphatic hydroxyl groups is 1. The second kappa shape index (κ2) is 9.53. The smallest absolute Gasteiger partial charge is 0.129 e. The number of nitrogens with one attached hydrogen (secondary N) is 1. The zero-order valence-corrected chi connectivity index (χ0v) is 13.6. The Morgan fingerprint density at radius 3 is 2.76 bits per heavy atom. The number of pyridine rings is 1. The van der Waals surface area contributed by atoms with Crippen LogP contribution in [0.25, 0.3) is 0 Å². The molecule has 4 heteroatoms. The standard InChI is InChI=1S/C17H29N3O/c1-5-7-18-13-15-11-16(14(3)4)19-17(12-15)20(8-6-2)9-10-21/h6,11-12,14,18,21H,2,5,7-10,13H2,1,3-4H3. The Morgan fingerprint density at radius 1 is 1.43 bits per heavy atom. The molecule has 0 amide bonds. The molecule has 0 aliphatic heterocycles. The highest BCUT2D eigenvalue weighted by atomic mass is 16.3. The summed E-state index contributed by atoms with van der Waals surface area (Å²) in [7, 11) is 0. The summed E-state index contributed by atoms with van der Waals surface area (Å²) in [5, 5.41) is 12.7. The second-order valence-corrected chi connectivity index (χ2v) is 5.55. The van der Waals surface area contributed by atoms with Gasteiger partial charge in [-0.2, -0.15) is 0 Å². The van der Waals surface area contributed by atoms with Crippen LogP contribution < -0.4 is 10.2 Å². The van der Waals surface area contributed by atoms with Crippen molar-refractivity contribution in [2.45, 2.75) is 39.7 Å². The van der Waals surface area contributed by atoms with Crippen LogP contribution in [0.3, 0.4) is 0 Å². The highest BCUT2D eigenvalue weighted by Crippen LogP contribution is 2.20. The van der Waals surface area contributed by atoms with Crippen molar-refractivity contribution in [3.05, 3.63) is 36.0 Å². The molecule has 4 nitrogen and oxygen atoms in total. The zero-order valence-electron chi connectivity index (χ0n) is 13.6. The fourth-order valence-corrected chi connectivity index (χ4v) is 2.14. The minimum Gasteiger partial charge on any atom is -0.395 e. The van der Waals surface area contributed by atoms with E-state index in [4.69, 9.17) is 4.98 Å². The lowest BCUT2D eigenvalue weighted by Gasteiger charge is -2.23. The van der Waals surface area contributed by atoms with Crippen LogP contribution in [0.1, 0.15) is 44.4 Å². The van der Waals surface area contributed by atoms with E-state index in [-0.39, 0.29) is 6.61 Å². The summed E-state index contributed by atoms with van der Waals surface area (Å²) in [6.45, 7) is 13.5. The number of anilines is 1. The third-order valence-corrected chi connectivity index (χ3v) is 3.28. The Balaban J connectivity index is 3.01. The molecule has 0 fully saturated rings. The highest BCUT2D eigenvalue weighted by molar-refractivity contribution is 5.44. The van der Waals surface area contributed by atoms with Gasteiger partial charge >= 0.3 is 0 Å². The highest BCUT2D eigenvalue weighted by Gasteiger charge is 2.11. The van der Waals surface area contributed by atoms with E-state index in [9.17, 15) is 5.11 Å². The Bertz CT molecular complexity index is 432. The number of aliphatic hydroxyl groups excluding tert-OH is 1. The van der Waals surface area contributed by atoms with Crippen molar-refractivity contribution >= 4 is 5.82 Å². The first kappa shape index (κ1) is 17.7. The van der Waals surface area contributed by atoms with E-state index < -0.39 is 0 Å². The number of aromatic nitrogens is 1. The number of nitrogens with zero attached hydrogens (tertiary/aromatic N) is 2. The molecular formula is C17H29N3O. The third kappa shape index (κ3) is 5.86. The van der Waals surface area contributed by atoms with E-state index in [1.165, 1.54) is 5.56 Å². The second-order valence-electron chi connectivity index (χ2n) is 5.55. The van der Waals surface area contributed by atoms with Crippen molar-refractivity contribution in [1.82, 2.24) is 10.3 Å². The minimum atomic E-state index is 0.116. The molecule has 0 saturated carbocycles. The van der Waals surface area contributed by atoms with Gasteiger partial charge < -0.3 is 15.3 Å². The number of hydrogen-bond donors (Lipinski definition) is 2. The van der Waals surface area contributed by atoms with E-state index in [0.29, 0.717) is 19.0 Å². The molecule has 1 aromatic rings. The van der Waals surface area contributed by atoms with Crippen molar-refractivity contribution in [2.24, 2.45) is 0 Å². The molecule has 0 radical (unpaired) electrons. The Hall–Kier alpha value is -1.39. The molecule has 0 aromatic carbocycles. The molecular weight excluding hydrogens is 262 g/mol. The lowest BCUT2D eigenvalue weighted by atomic mass is 10.1. The topological polar surface area (TPSA) is 48.4 Å². The Kier molecular flexibility index (Phi) is 8.01. The first-order chi connectivity index (χ1) is 10.1. The fraction of sp³-hybridized carbons (Fsp3) is 0.588. The number of hydrogen-bond acceptors (Lipinski definition) is 4. The SMILES string of the molecule is C=CCN(CCO)c1cc(CNCCC)cc(C(C)C)n1.